The minimum Gasteiger partial charge on any atom is -0.346 e. The highest BCUT2D eigenvalue weighted by molar-refractivity contribution is 14.1. The maximum Gasteiger partial charge on any atom is 0.251 e. The number of amides is 1. The molecule has 0 saturated heterocycles. The molecule has 0 spiro atoms. The lowest BCUT2D eigenvalue weighted by atomic mass is 9.86. The summed E-state index contributed by atoms with van der Waals surface area (Å²) in [7, 11) is 0. The summed E-state index contributed by atoms with van der Waals surface area (Å²) in [6, 6.07) is 16.1. The van der Waals surface area contributed by atoms with Crippen molar-refractivity contribution < 1.29 is 4.79 Å². The minimum absolute atomic E-state index is 0.0145. The predicted molar refractivity (Wildman–Crippen MR) is 100 cm³/mol. The van der Waals surface area contributed by atoms with E-state index in [9.17, 15) is 4.79 Å². The van der Waals surface area contributed by atoms with Crippen molar-refractivity contribution >= 4 is 28.5 Å². The Balaban J connectivity index is 2.09. The van der Waals surface area contributed by atoms with Gasteiger partial charge >= 0.3 is 0 Å². The van der Waals surface area contributed by atoms with Gasteiger partial charge in [0.1, 0.15) is 0 Å². The van der Waals surface area contributed by atoms with Gasteiger partial charge in [0, 0.05) is 9.13 Å². The van der Waals surface area contributed by atoms with Crippen LogP contribution in [0.4, 0.5) is 0 Å². The van der Waals surface area contributed by atoms with Crippen LogP contribution >= 0.6 is 22.6 Å². The molecule has 0 aliphatic carbocycles. The van der Waals surface area contributed by atoms with E-state index in [1.54, 1.807) is 0 Å². The van der Waals surface area contributed by atoms with Gasteiger partial charge in [0.05, 0.1) is 6.04 Å². The van der Waals surface area contributed by atoms with E-state index in [0.717, 1.165) is 9.13 Å². The molecule has 0 bridgehead atoms. The first-order valence-electron chi connectivity index (χ1n) is 7.44. The van der Waals surface area contributed by atoms with Crippen LogP contribution in [0.2, 0.25) is 0 Å². The van der Waals surface area contributed by atoms with Crippen LogP contribution in [0.1, 0.15) is 55.2 Å². The van der Waals surface area contributed by atoms with E-state index in [2.05, 4.69) is 72.9 Å². The summed E-state index contributed by atoms with van der Waals surface area (Å²) in [5.74, 6) is -0.0362. The Hall–Kier alpha value is -1.36. The molecule has 1 N–H and O–H groups in total. The van der Waals surface area contributed by atoms with Crippen molar-refractivity contribution in [3.05, 3.63) is 68.8 Å². The highest BCUT2D eigenvalue weighted by atomic mass is 127. The van der Waals surface area contributed by atoms with Gasteiger partial charge in [-0.25, -0.2) is 0 Å². The molecule has 3 heteroatoms. The second-order valence-electron chi connectivity index (χ2n) is 6.58. The number of nitrogens with one attached hydrogen (secondary N) is 1. The molecule has 0 saturated carbocycles. The topological polar surface area (TPSA) is 29.1 Å². The van der Waals surface area contributed by atoms with E-state index in [1.807, 2.05) is 31.2 Å². The molecule has 2 aromatic rings. The van der Waals surface area contributed by atoms with Gasteiger partial charge in [-0.2, -0.15) is 0 Å². The van der Waals surface area contributed by atoms with E-state index >= 15 is 0 Å². The van der Waals surface area contributed by atoms with Gasteiger partial charge in [-0.05, 0) is 64.3 Å². The molecule has 22 heavy (non-hydrogen) atoms. The normalized spacial score (nSPS) is 12.8. The van der Waals surface area contributed by atoms with E-state index in [-0.39, 0.29) is 17.4 Å². The summed E-state index contributed by atoms with van der Waals surface area (Å²) in [4.78, 5) is 12.3. The monoisotopic (exact) mass is 407 g/mol. The lowest BCUT2D eigenvalue weighted by Crippen LogP contribution is -2.26. The largest absolute Gasteiger partial charge is 0.346 e. The number of carbonyl (C=O) groups excluding carboxylic acids is 1. The summed E-state index contributed by atoms with van der Waals surface area (Å²) in [5.41, 5.74) is 3.26. The van der Waals surface area contributed by atoms with Crippen molar-refractivity contribution in [1.29, 1.82) is 0 Å². The third-order valence-electron chi connectivity index (χ3n) is 3.71. The van der Waals surface area contributed by atoms with E-state index in [4.69, 9.17) is 0 Å². The lowest BCUT2D eigenvalue weighted by molar-refractivity contribution is 0.0940. The molecule has 0 radical (unpaired) electrons. The molecule has 2 aromatic carbocycles. The second-order valence-corrected chi connectivity index (χ2v) is 7.82. The Morgan fingerprint density at radius 1 is 1.09 bits per heavy atom. The van der Waals surface area contributed by atoms with E-state index < -0.39 is 0 Å². The highest BCUT2D eigenvalue weighted by Crippen LogP contribution is 2.24. The molecule has 0 unspecified atom stereocenters. The maximum absolute atomic E-state index is 12.3. The highest BCUT2D eigenvalue weighted by Gasteiger charge is 2.15. The summed E-state index contributed by atoms with van der Waals surface area (Å²) in [5, 5.41) is 3.06. The Morgan fingerprint density at radius 3 is 2.27 bits per heavy atom. The second kappa shape index (κ2) is 6.82. The average Bonchev–Trinajstić information content (AvgIpc) is 2.46. The van der Waals surface area contributed by atoms with Crippen molar-refractivity contribution in [2.75, 3.05) is 0 Å². The summed E-state index contributed by atoms with van der Waals surface area (Å²) in [6.07, 6.45) is 0. The number of carbonyl (C=O) groups is 1. The van der Waals surface area contributed by atoms with Crippen molar-refractivity contribution in [1.82, 2.24) is 5.32 Å². The number of hydrogen-bond donors (Lipinski definition) is 1. The first kappa shape index (κ1) is 17.0. The molecule has 116 valence electrons. The van der Waals surface area contributed by atoms with Gasteiger partial charge in [0.15, 0.2) is 0 Å². The molecule has 2 rings (SSSR count). The Kier molecular flexibility index (Phi) is 5.27. The summed E-state index contributed by atoms with van der Waals surface area (Å²) in [6.45, 7) is 8.61. The maximum atomic E-state index is 12.3. The number of hydrogen-bond acceptors (Lipinski definition) is 1. The third kappa shape index (κ3) is 4.32. The number of halogens is 1. The first-order valence-corrected chi connectivity index (χ1v) is 8.52. The van der Waals surface area contributed by atoms with Crippen molar-refractivity contribution in [3.63, 3.8) is 0 Å². The van der Waals surface area contributed by atoms with Gasteiger partial charge < -0.3 is 5.32 Å². The van der Waals surface area contributed by atoms with Gasteiger partial charge in [-0.3, -0.25) is 4.79 Å². The van der Waals surface area contributed by atoms with Crippen molar-refractivity contribution in [2.45, 2.75) is 39.2 Å². The SMILES string of the molecule is C[C@@H](NC(=O)c1cccc(I)c1)c1ccc(C(C)(C)C)cc1. The molecule has 0 heterocycles. The van der Waals surface area contributed by atoms with Crippen LogP contribution in [0.5, 0.6) is 0 Å². The van der Waals surface area contributed by atoms with Crippen molar-refractivity contribution in [3.8, 4) is 0 Å². The zero-order valence-electron chi connectivity index (χ0n) is 13.5. The summed E-state index contributed by atoms with van der Waals surface area (Å²) < 4.78 is 1.06. The molecular formula is C19H22INO. The Labute approximate surface area is 146 Å². The molecule has 0 aromatic heterocycles. The first-order chi connectivity index (χ1) is 10.3. The van der Waals surface area contributed by atoms with E-state index in [1.165, 1.54) is 5.56 Å². The van der Waals surface area contributed by atoms with Crippen molar-refractivity contribution in [2.24, 2.45) is 0 Å². The van der Waals surface area contributed by atoms with Crippen LogP contribution in [0.25, 0.3) is 0 Å². The zero-order valence-corrected chi connectivity index (χ0v) is 15.6. The fourth-order valence-electron chi connectivity index (χ4n) is 2.26. The number of rotatable bonds is 3. The third-order valence-corrected chi connectivity index (χ3v) is 4.38. The molecule has 0 aliphatic rings. The van der Waals surface area contributed by atoms with Crippen LogP contribution in [-0.4, -0.2) is 5.91 Å². The smallest absolute Gasteiger partial charge is 0.251 e. The minimum atomic E-state index is -0.0362. The zero-order chi connectivity index (χ0) is 16.3. The van der Waals surface area contributed by atoms with Crippen LogP contribution in [0.3, 0.4) is 0 Å². The van der Waals surface area contributed by atoms with E-state index in [0.29, 0.717) is 5.56 Å². The van der Waals surface area contributed by atoms with Gasteiger partial charge in [-0.15, -0.1) is 0 Å². The Morgan fingerprint density at radius 2 is 1.73 bits per heavy atom. The predicted octanol–water partition coefficient (Wildman–Crippen LogP) is 5.08. The van der Waals surface area contributed by atoms with Crippen LogP contribution in [-0.2, 0) is 5.41 Å². The molecule has 2 nitrogen and oxygen atoms in total. The number of benzene rings is 2. The van der Waals surface area contributed by atoms with Crippen LogP contribution in [0.15, 0.2) is 48.5 Å². The van der Waals surface area contributed by atoms with Gasteiger partial charge in [0.2, 0.25) is 0 Å². The standard InChI is InChI=1S/C19H22INO/c1-13(14-8-10-16(11-9-14)19(2,3)4)21-18(22)15-6-5-7-17(20)12-15/h5-13H,1-4H3,(H,21,22)/t13-/m1/s1. The average molecular weight is 407 g/mol. The molecule has 0 aliphatic heterocycles. The lowest BCUT2D eigenvalue weighted by Gasteiger charge is -2.20. The molecule has 1 atom stereocenters. The quantitative estimate of drug-likeness (QED) is 0.707. The van der Waals surface area contributed by atoms with Gasteiger partial charge in [0.25, 0.3) is 5.91 Å². The fourth-order valence-corrected chi connectivity index (χ4v) is 2.81. The van der Waals surface area contributed by atoms with Crippen LogP contribution < -0.4 is 5.32 Å². The van der Waals surface area contributed by atoms with Crippen LogP contribution in [0, 0.1) is 3.57 Å². The molecule has 0 fully saturated rings. The summed E-state index contributed by atoms with van der Waals surface area (Å²) >= 11 is 2.21. The molecule has 1 amide bonds. The fraction of sp³-hybridized carbons (Fsp3) is 0.316. The van der Waals surface area contributed by atoms with Gasteiger partial charge in [-0.1, -0.05) is 51.1 Å². The molecular weight excluding hydrogens is 385 g/mol. The Bertz CT molecular complexity index is 656.